The molecule has 0 aromatic rings. The molecule has 0 radical (unpaired) electrons. The van der Waals surface area contributed by atoms with E-state index in [9.17, 15) is 9.59 Å². The number of hydrogen-bond donors (Lipinski definition) is 0. The molecular weight excluding hydrogens is 198 g/mol. The van der Waals surface area contributed by atoms with Crippen molar-refractivity contribution in [3.8, 4) is 0 Å². The molecule has 0 saturated carbocycles. The number of likely N-dealkylation sites (tertiary alicyclic amines) is 1. The Hall–Kier alpha value is -0.510. The summed E-state index contributed by atoms with van der Waals surface area (Å²) in [6.45, 7) is 4.91. The van der Waals surface area contributed by atoms with Crippen LogP contribution in [0.15, 0.2) is 0 Å². The molecule has 0 bridgehead atoms. The molecular formula is C10H17NO2S. The van der Waals surface area contributed by atoms with E-state index < -0.39 is 0 Å². The third-order valence-corrected chi connectivity index (χ3v) is 3.65. The first-order chi connectivity index (χ1) is 6.54. The first-order valence-electron chi connectivity index (χ1n) is 4.85. The second kappa shape index (κ2) is 4.82. The van der Waals surface area contributed by atoms with Crippen LogP contribution in [-0.2, 0) is 9.59 Å². The van der Waals surface area contributed by atoms with Gasteiger partial charge in [0.15, 0.2) is 0 Å². The van der Waals surface area contributed by atoms with Gasteiger partial charge in [-0.25, -0.2) is 0 Å². The summed E-state index contributed by atoms with van der Waals surface area (Å²) in [5.74, 6) is 0.486. The molecule has 0 aromatic heterocycles. The number of amides is 1. The van der Waals surface area contributed by atoms with Gasteiger partial charge in [-0.15, -0.1) is 0 Å². The van der Waals surface area contributed by atoms with Gasteiger partial charge in [-0.05, 0) is 13.2 Å². The van der Waals surface area contributed by atoms with Crippen LogP contribution in [0.25, 0.3) is 0 Å². The molecule has 1 unspecified atom stereocenters. The van der Waals surface area contributed by atoms with Crippen LogP contribution in [0.5, 0.6) is 0 Å². The largest absolute Gasteiger partial charge is 0.341 e. The van der Waals surface area contributed by atoms with E-state index in [0.717, 1.165) is 0 Å². The normalized spacial score (nSPS) is 18.9. The van der Waals surface area contributed by atoms with Crippen molar-refractivity contribution in [1.29, 1.82) is 0 Å². The van der Waals surface area contributed by atoms with Gasteiger partial charge in [-0.1, -0.05) is 6.92 Å². The molecule has 80 valence electrons. The van der Waals surface area contributed by atoms with Crippen LogP contribution in [0.1, 0.15) is 20.3 Å². The number of thioether (sulfide) groups is 1. The van der Waals surface area contributed by atoms with Crippen molar-refractivity contribution < 1.29 is 9.59 Å². The highest BCUT2D eigenvalue weighted by atomic mass is 32.2. The second-order valence-electron chi connectivity index (χ2n) is 3.86. The lowest BCUT2D eigenvalue weighted by atomic mass is 9.96. The highest BCUT2D eigenvalue weighted by molar-refractivity contribution is 7.99. The number of nitrogens with zero attached hydrogens (tertiary/aromatic N) is 1. The molecule has 3 nitrogen and oxygen atoms in total. The van der Waals surface area contributed by atoms with Gasteiger partial charge in [0.1, 0.15) is 5.78 Å². The summed E-state index contributed by atoms with van der Waals surface area (Å²) in [4.78, 5) is 24.3. The van der Waals surface area contributed by atoms with Crippen molar-refractivity contribution >= 4 is 23.5 Å². The van der Waals surface area contributed by atoms with Gasteiger partial charge in [0, 0.05) is 24.8 Å². The summed E-state index contributed by atoms with van der Waals surface area (Å²) in [5, 5.41) is 0.374. The average Bonchev–Trinajstić information content (AvgIpc) is 2.00. The quantitative estimate of drug-likeness (QED) is 0.706. The predicted octanol–water partition coefficient (Wildman–Crippen LogP) is 1.18. The molecule has 1 aliphatic heterocycles. The molecule has 1 fully saturated rings. The van der Waals surface area contributed by atoms with Crippen molar-refractivity contribution in [3.05, 3.63) is 0 Å². The topological polar surface area (TPSA) is 37.4 Å². The third kappa shape index (κ3) is 2.74. The Labute approximate surface area is 89.2 Å². The fourth-order valence-corrected chi connectivity index (χ4v) is 1.71. The fourth-order valence-electron chi connectivity index (χ4n) is 1.40. The molecule has 0 aromatic carbocycles. The summed E-state index contributed by atoms with van der Waals surface area (Å²) >= 11 is 1.70. The molecule has 0 N–H and O–H groups in total. The number of carbonyl (C=O) groups is 2. The average molecular weight is 215 g/mol. The van der Waals surface area contributed by atoms with E-state index in [2.05, 4.69) is 0 Å². The highest BCUT2D eigenvalue weighted by Crippen LogP contribution is 2.19. The van der Waals surface area contributed by atoms with Gasteiger partial charge in [0.2, 0.25) is 5.91 Å². The number of hydrogen-bond acceptors (Lipinski definition) is 3. The van der Waals surface area contributed by atoms with Crippen molar-refractivity contribution in [3.63, 3.8) is 0 Å². The van der Waals surface area contributed by atoms with Crippen LogP contribution in [0, 0.1) is 5.92 Å². The third-order valence-electron chi connectivity index (χ3n) is 2.67. The molecule has 1 aliphatic rings. The zero-order valence-electron chi connectivity index (χ0n) is 8.95. The maximum absolute atomic E-state index is 11.6. The summed E-state index contributed by atoms with van der Waals surface area (Å²) < 4.78 is 0. The number of rotatable bonds is 4. The first-order valence-corrected chi connectivity index (χ1v) is 6.14. The van der Waals surface area contributed by atoms with Gasteiger partial charge < -0.3 is 4.90 Å². The molecule has 4 heteroatoms. The fraction of sp³-hybridized carbons (Fsp3) is 0.800. The minimum atomic E-state index is 0.100. The molecule has 1 atom stereocenters. The minimum absolute atomic E-state index is 0.100. The second-order valence-corrected chi connectivity index (χ2v) is 5.13. The van der Waals surface area contributed by atoms with Crippen molar-refractivity contribution in [2.45, 2.75) is 25.5 Å². The van der Waals surface area contributed by atoms with Crippen LogP contribution < -0.4 is 0 Å². The molecule has 1 rings (SSSR count). The zero-order chi connectivity index (χ0) is 10.7. The van der Waals surface area contributed by atoms with E-state index in [1.807, 2.05) is 13.2 Å². The SMILES string of the molecule is CSC(C)CC(=O)N1CC(C(C)=O)C1. The number of ketones is 1. The van der Waals surface area contributed by atoms with Gasteiger partial charge in [0.25, 0.3) is 0 Å². The molecule has 0 aliphatic carbocycles. The molecule has 0 spiro atoms. The monoisotopic (exact) mass is 215 g/mol. The lowest BCUT2D eigenvalue weighted by Gasteiger charge is -2.38. The Morgan fingerprint density at radius 3 is 2.50 bits per heavy atom. The van der Waals surface area contributed by atoms with E-state index in [1.54, 1.807) is 23.6 Å². The van der Waals surface area contributed by atoms with Gasteiger partial charge >= 0.3 is 0 Å². The van der Waals surface area contributed by atoms with E-state index in [0.29, 0.717) is 24.8 Å². The van der Waals surface area contributed by atoms with Gasteiger partial charge in [-0.3, -0.25) is 9.59 Å². The zero-order valence-corrected chi connectivity index (χ0v) is 9.76. The van der Waals surface area contributed by atoms with E-state index in [1.165, 1.54) is 0 Å². The van der Waals surface area contributed by atoms with Crippen LogP contribution >= 0.6 is 11.8 Å². The van der Waals surface area contributed by atoms with Crippen molar-refractivity contribution in [2.24, 2.45) is 5.92 Å². The van der Waals surface area contributed by atoms with Gasteiger partial charge in [-0.2, -0.15) is 11.8 Å². The standard InChI is InChI=1S/C10H17NO2S/c1-7(14-3)4-10(13)11-5-9(6-11)8(2)12/h7,9H,4-6H2,1-3H3. The number of Topliss-reactive ketones (excluding diaryl/α,β-unsaturated/α-hetero) is 1. The van der Waals surface area contributed by atoms with Crippen LogP contribution in [-0.4, -0.2) is 41.2 Å². The Bertz CT molecular complexity index is 236. The first kappa shape index (κ1) is 11.6. The Morgan fingerprint density at radius 2 is 2.07 bits per heavy atom. The smallest absolute Gasteiger partial charge is 0.223 e. The van der Waals surface area contributed by atoms with E-state index in [-0.39, 0.29) is 17.6 Å². The van der Waals surface area contributed by atoms with Gasteiger partial charge in [0.05, 0.1) is 5.92 Å². The van der Waals surface area contributed by atoms with Crippen molar-refractivity contribution in [2.75, 3.05) is 19.3 Å². The molecule has 14 heavy (non-hydrogen) atoms. The maximum Gasteiger partial charge on any atom is 0.223 e. The van der Waals surface area contributed by atoms with Crippen LogP contribution in [0.4, 0.5) is 0 Å². The Morgan fingerprint density at radius 1 is 1.50 bits per heavy atom. The van der Waals surface area contributed by atoms with Crippen molar-refractivity contribution in [1.82, 2.24) is 4.90 Å². The highest BCUT2D eigenvalue weighted by Gasteiger charge is 2.33. The molecule has 1 heterocycles. The maximum atomic E-state index is 11.6. The molecule has 1 amide bonds. The predicted molar refractivity (Wildman–Crippen MR) is 58.3 cm³/mol. The number of carbonyl (C=O) groups excluding carboxylic acids is 2. The Kier molecular flexibility index (Phi) is 3.98. The van der Waals surface area contributed by atoms with E-state index in [4.69, 9.17) is 0 Å². The summed E-state index contributed by atoms with van der Waals surface area (Å²) in [6, 6.07) is 0. The summed E-state index contributed by atoms with van der Waals surface area (Å²) in [7, 11) is 0. The summed E-state index contributed by atoms with van der Waals surface area (Å²) in [5.41, 5.74) is 0. The lowest BCUT2D eigenvalue weighted by molar-refractivity contribution is -0.141. The molecule has 1 saturated heterocycles. The summed E-state index contributed by atoms with van der Waals surface area (Å²) in [6.07, 6.45) is 2.60. The minimum Gasteiger partial charge on any atom is -0.341 e. The van der Waals surface area contributed by atoms with E-state index >= 15 is 0 Å². The lowest BCUT2D eigenvalue weighted by Crippen LogP contribution is -2.52. The van der Waals surface area contributed by atoms with Crippen LogP contribution in [0.3, 0.4) is 0 Å². The van der Waals surface area contributed by atoms with Crippen LogP contribution in [0.2, 0.25) is 0 Å². The Balaban J connectivity index is 2.26.